The zero-order valence-corrected chi connectivity index (χ0v) is 8.79. The standard InChI is InChI=1S/C10H20N2O/c1-5-6-12(4)10(13)7-9(11)8(2)3/h5,8-9H,1,6-7,11H2,2-4H3. The number of amides is 1. The molecule has 3 heteroatoms. The van der Waals surface area contributed by atoms with Crippen LogP contribution < -0.4 is 5.73 Å². The fraction of sp³-hybridized carbons (Fsp3) is 0.700. The summed E-state index contributed by atoms with van der Waals surface area (Å²) in [4.78, 5) is 13.1. The van der Waals surface area contributed by atoms with Gasteiger partial charge in [-0.05, 0) is 5.92 Å². The van der Waals surface area contributed by atoms with Crippen LogP contribution in [0.5, 0.6) is 0 Å². The maximum absolute atomic E-state index is 11.4. The predicted molar refractivity (Wildman–Crippen MR) is 55.3 cm³/mol. The minimum Gasteiger partial charge on any atom is -0.342 e. The first-order valence-corrected chi connectivity index (χ1v) is 4.59. The Kier molecular flexibility index (Phi) is 5.39. The Morgan fingerprint density at radius 2 is 2.15 bits per heavy atom. The molecule has 1 amide bonds. The molecule has 1 unspecified atom stereocenters. The normalized spacial score (nSPS) is 12.7. The lowest BCUT2D eigenvalue weighted by atomic mass is 10.0. The molecule has 76 valence electrons. The van der Waals surface area contributed by atoms with E-state index in [1.807, 2.05) is 13.8 Å². The zero-order chi connectivity index (χ0) is 10.4. The molecule has 0 heterocycles. The van der Waals surface area contributed by atoms with Crippen molar-refractivity contribution in [2.75, 3.05) is 13.6 Å². The fourth-order valence-electron chi connectivity index (χ4n) is 0.889. The molecule has 0 aliphatic heterocycles. The van der Waals surface area contributed by atoms with Crippen LogP contribution in [0.3, 0.4) is 0 Å². The van der Waals surface area contributed by atoms with E-state index in [-0.39, 0.29) is 11.9 Å². The predicted octanol–water partition coefficient (Wildman–Crippen LogP) is 1.00. The van der Waals surface area contributed by atoms with Crippen LogP contribution in [0.4, 0.5) is 0 Å². The van der Waals surface area contributed by atoms with Crippen LogP contribution in [-0.4, -0.2) is 30.4 Å². The van der Waals surface area contributed by atoms with Gasteiger partial charge in [0.25, 0.3) is 0 Å². The highest BCUT2D eigenvalue weighted by Gasteiger charge is 2.15. The smallest absolute Gasteiger partial charge is 0.224 e. The van der Waals surface area contributed by atoms with Crippen LogP contribution in [0.1, 0.15) is 20.3 Å². The quantitative estimate of drug-likeness (QED) is 0.648. The Morgan fingerprint density at radius 1 is 1.62 bits per heavy atom. The first-order valence-electron chi connectivity index (χ1n) is 4.59. The van der Waals surface area contributed by atoms with E-state index in [2.05, 4.69) is 6.58 Å². The average molecular weight is 184 g/mol. The van der Waals surface area contributed by atoms with Gasteiger partial charge in [0, 0.05) is 26.1 Å². The SMILES string of the molecule is C=CCN(C)C(=O)CC(N)C(C)C. The molecule has 0 aromatic rings. The number of nitrogens with two attached hydrogens (primary N) is 1. The van der Waals surface area contributed by atoms with Crippen molar-refractivity contribution in [2.24, 2.45) is 11.7 Å². The number of hydrogen-bond acceptors (Lipinski definition) is 2. The zero-order valence-electron chi connectivity index (χ0n) is 8.79. The molecule has 0 saturated heterocycles. The van der Waals surface area contributed by atoms with E-state index >= 15 is 0 Å². The van der Waals surface area contributed by atoms with Crippen LogP contribution in [0.25, 0.3) is 0 Å². The fourth-order valence-corrected chi connectivity index (χ4v) is 0.889. The average Bonchev–Trinajstić information content (AvgIpc) is 2.04. The highest BCUT2D eigenvalue weighted by molar-refractivity contribution is 5.76. The third-order valence-corrected chi connectivity index (χ3v) is 2.10. The Balaban J connectivity index is 3.92. The molecule has 0 aromatic carbocycles. The van der Waals surface area contributed by atoms with E-state index in [9.17, 15) is 4.79 Å². The molecule has 13 heavy (non-hydrogen) atoms. The number of likely N-dealkylation sites (N-methyl/N-ethyl adjacent to an activating group) is 1. The molecule has 0 saturated carbocycles. The third kappa shape index (κ3) is 4.68. The molecule has 0 spiro atoms. The van der Waals surface area contributed by atoms with E-state index in [1.165, 1.54) is 0 Å². The van der Waals surface area contributed by atoms with Gasteiger partial charge in [-0.15, -0.1) is 6.58 Å². The first kappa shape index (κ1) is 12.2. The van der Waals surface area contributed by atoms with E-state index in [0.717, 1.165) is 0 Å². The highest BCUT2D eigenvalue weighted by atomic mass is 16.2. The third-order valence-electron chi connectivity index (χ3n) is 2.10. The topological polar surface area (TPSA) is 46.3 Å². The van der Waals surface area contributed by atoms with E-state index in [0.29, 0.717) is 18.9 Å². The summed E-state index contributed by atoms with van der Waals surface area (Å²) in [6.07, 6.45) is 2.13. The van der Waals surface area contributed by atoms with E-state index < -0.39 is 0 Å². The van der Waals surface area contributed by atoms with Gasteiger partial charge < -0.3 is 10.6 Å². The van der Waals surface area contributed by atoms with Crippen LogP contribution in [0.2, 0.25) is 0 Å². The summed E-state index contributed by atoms with van der Waals surface area (Å²) in [6.45, 7) is 8.20. The van der Waals surface area contributed by atoms with Crippen molar-refractivity contribution < 1.29 is 4.79 Å². The van der Waals surface area contributed by atoms with Crippen LogP contribution in [0.15, 0.2) is 12.7 Å². The van der Waals surface area contributed by atoms with Gasteiger partial charge in [0.05, 0.1) is 0 Å². The van der Waals surface area contributed by atoms with Gasteiger partial charge in [-0.1, -0.05) is 19.9 Å². The number of rotatable bonds is 5. The van der Waals surface area contributed by atoms with Crippen LogP contribution in [0, 0.1) is 5.92 Å². The van der Waals surface area contributed by atoms with Gasteiger partial charge in [0.15, 0.2) is 0 Å². The molecule has 0 aromatic heterocycles. The minimum atomic E-state index is -0.0419. The molecule has 3 nitrogen and oxygen atoms in total. The second-order valence-electron chi connectivity index (χ2n) is 3.67. The maximum Gasteiger partial charge on any atom is 0.224 e. The molecule has 0 fully saturated rings. The molecule has 0 bridgehead atoms. The van der Waals surface area contributed by atoms with Crippen LogP contribution in [-0.2, 0) is 4.79 Å². The Hall–Kier alpha value is -0.830. The summed E-state index contributed by atoms with van der Waals surface area (Å²) in [5, 5.41) is 0. The summed E-state index contributed by atoms with van der Waals surface area (Å²) < 4.78 is 0. The Morgan fingerprint density at radius 3 is 2.54 bits per heavy atom. The second-order valence-corrected chi connectivity index (χ2v) is 3.67. The van der Waals surface area contributed by atoms with Crippen molar-refractivity contribution in [2.45, 2.75) is 26.3 Å². The first-order chi connectivity index (χ1) is 5.99. The lowest BCUT2D eigenvalue weighted by molar-refractivity contribution is -0.129. The van der Waals surface area contributed by atoms with E-state index in [4.69, 9.17) is 5.73 Å². The van der Waals surface area contributed by atoms with Crippen molar-refractivity contribution in [3.05, 3.63) is 12.7 Å². The van der Waals surface area contributed by atoms with Gasteiger partial charge in [-0.3, -0.25) is 4.79 Å². The summed E-state index contributed by atoms with van der Waals surface area (Å²) in [5.74, 6) is 0.433. The van der Waals surface area contributed by atoms with Crippen molar-refractivity contribution in [3.8, 4) is 0 Å². The summed E-state index contributed by atoms with van der Waals surface area (Å²) in [7, 11) is 1.76. The van der Waals surface area contributed by atoms with Gasteiger partial charge in [0.2, 0.25) is 5.91 Å². The van der Waals surface area contributed by atoms with Gasteiger partial charge >= 0.3 is 0 Å². The monoisotopic (exact) mass is 184 g/mol. The lowest BCUT2D eigenvalue weighted by Crippen LogP contribution is -2.36. The van der Waals surface area contributed by atoms with E-state index in [1.54, 1.807) is 18.0 Å². The molecule has 0 aliphatic rings. The number of carbonyl (C=O) groups is 1. The lowest BCUT2D eigenvalue weighted by Gasteiger charge is -2.19. The second kappa shape index (κ2) is 5.75. The molecule has 0 rings (SSSR count). The molecule has 0 aliphatic carbocycles. The Bertz CT molecular complexity index is 178. The summed E-state index contributed by atoms with van der Waals surface area (Å²) in [5.41, 5.74) is 5.78. The Labute approximate surface area is 80.6 Å². The van der Waals surface area contributed by atoms with Gasteiger partial charge in [0.1, 0.15) is 0 Å². The number of nitrogens with zero attached hydrogens (tertiary/aromatic N) is 1. The minimum absolute atomic E-state index is 0.0419. The molecule has 1 atom stereocenters. The largest absolute Gasteiger partial charge is 0.342 e. The van der Waals surface area contributed by atoms with Crippen molar-refractivity contribution >= 4 is 5.91 Å². The summed E-state index contributed by atoms with van der Waals surface area (Å²) >= 11 is 0. The molecular weight excluding hydrogens is 164 g/mol. The molecule has 2 N–H and O–H groups in total. The number of hydrogen-bond donors (Lipinski definition) is 1. The van der Waals surface area contributed by atoms with Crippen molar-refractivity contribution in [1.82, 2.24) is 4.90 Å². The van der Waals surface area contributed by atoms with Gasteiger partial charge in [-0.25, -0.2) is 0 Å². The van der Waals surface area contributed by atoms with Crippen molar-refractivity contribution in [1.29, 1.82) is 0 Å². The highest BCUT2D eigenvalue weighted by Crippen LogP contribution is 2.04. The number of carbonyl (C=O) groups excluding carboxylic acids is 1. The van der Waals surface area contributed by atoms with Crippen LogP contribution >= 0.6 is 0 Å². The van der Waals surface area contributed by atoms with Gasteiger partial charge in [-0.2, -0.15) is 0 Å². The van der Waals surface area contributed by atoms with Crippen molar-refractivity contribution in [3.63, 3.8) is 0 Å². The molecular formula is C10H20N2O. The molecule has 0 radical (unpaired) electrons. The summed E-state index contributed by atoms with van der Waals surface area (Å²) in [6, 6.07) is -0.0419. The maximum atomic E-state index is 11.4.